The van der Waals surface area contributed by atoms with E-state index in [1.807, 2.05) is 0 Å². The molecule has 0 atom stereocenters. The van der Waals surface area contributed by atoms with E-state index >= 15 is 0 Å². The first-order valence-electron chi connectivity index (χ1n) is 9.21. The van der Waals surface area contributed by atoms with Crippen molar-refractivity contribution < 1.29 is 22.5 Å². The Balaban J connectivity index is 1.64. The molecule has 3 rings (SSSR count). The number of ether oxygens (including phenoxy) is 1. The van der Waals surface area contributed by atoms with Crippen molar-refractivity contribution in [2.75, 3.05) is 13.1 Å². The molecule has 1 aromatic heterocycles. The van der Waals surface area contributed by atoms with Crippen LogP contribution in [0, 0.1) is 0 Å². The third-order valence-electron chi connectivity index (χ3n) is 4.33. The van der Waals surface area contributed by atoms with Crippen LogP contribution >= 0.6 is 11.6 Å². The van der Waals surface area contributed by atoms with E-state index in [1.165, 1.54) is 28.6 Å². The minimum atomic E-state index is -3.59. The summed E-state index contributed by atoms with van der Waals surface area (Å²) in [5, 5.41) is 4.44. The molecule has 0 aliphatic rings. The summed E-state index contributed by atoms with van der Waals surface area (Å²) in [7, 11) is -3.59. The Bertz CT molecular complexity index is 1110. The average molecular weight is 450 g/mol. The monoisotopic (exact) mass is 449 g/mol. The van der Waals surface area contributed by atoms with Crippen LogP contribution in [0.1, 0.15) is 30.1 Å². The molecule has 0 spiro atoms. The Hall–Kier alpha value is -2.75. The van der Waals surface area contributed by atoms with Crippen molar-refractivity contribution in [3.63, 3.8) is 0 Å². The van der Waals surface area contributed by atoms with Crippen LogP contribution < -0.4 is 0 Å². The predicted octanol–water partition coefficient (Wildman–Crippen LogP) is 3.78. The lowest BCUT2D eigenvalue weighted by Gasteiger charge is -2.18. The molecule has 0 aliphatic carbocycles. The van der Waals surface area contributed by atoms with Crippen LogP contribution in [0.4, 0.5) is 0 Å². The quantitative estimate of drug-likeness (QED) is 0.482. The average Bonchev–Trinajstić information content (AvgIpc) is 3.22. The van der Waals surface area contributed by atoms with Crippen molar-refractivity contribution in [3.05, 3.63) is 65.0 Å². The van der Waals surface area contributed by atoms with Crippen LogP contribution in [0.5, 0.6) is 0 Å². The summed E-state index contributed by atoms with van der Waals surface area (Å²) >= 11 is 5.85. The Morgan fingerprint density at radius 1 is 1.07 bits per heavy atom. The maximum atomic E-state index is 12.5. The summed E-state index contributed by atoms with van der Waals surface area (Å²) in [4.78, 5) is 16.5. The fraction of sp³-hybridized carbons (Fsp3) is 0.250. The maximum absolute atomic E-state index is 12.5. The number of hydrogen-bond acceptors (Lipinski definition) is 7. The van der Waals surface area contributed by atoms with E-state index in [4.69, 9.17) is 20.9 Å². The largest absolute Gasteiger partial charge is 0.452 e. The van der Waals surface area contributed by atoms with E-state index in [-0.39, 0.29) is 23.0 Å². The molecule has 0 amide bonds. The van der Waals surface area contributed by atoms with E-state index in [9.17, 15) is 13.2 Å². The lowest BCUT2D eigenvalue weighted by atomic mass is 10.2. The molecule has 2 aromatic carbocycles. The first-order valence-corrected chi connectivity index (χ1v) is 11.0. The van der Waals surface area contributed by atoms with Gasteiger partial charge in [-0.15, -0.1) is 0 Å². The van der Waals surface area contributed by atoms with Crippen LogP contribution in [0.2, 0.25) is 5.02 Å². The maximum Gasteiger partial charge on any atom is 0.338 e. The van der Waals surface area contributed by atoms with Gasteiger partial charge in [-0.2, -0.15) is 9.29 Å². The molecule has 8 nitrogen and oxygen atoms in total. The van der Waals surface area contributed by atoms with Crippen molar-refractivity contribution in [2.45, 2.75) is 25.3 Å². The number of sulfonamides is 1. The van der Waals surface area contributed by atoms with Crippen molar-refractivity contribution in [3.8, 4) is 11.4 Å². The minimum absolute atomic E-state index is 0.118. The number of rotatable bonds is 8. The lowest BCUT2D eigenvalue weighted by Crippen LogP contribution is -2.30. The lowest BCUT2D eigenvalue weighted by molar-refractivity contribution is 0.0429. The fourth-order valence-electron chi connectivity index (χ4n) is 2.72. The molecule has 0 saturated carbocycles. The number of hydrogen-bond donors (Lipinski definition) is 0. The van der Waals surface area contributed by atoms with Gasteiger partial charge in [-0.1, -0.05) is 30.6 Å². The molecular formula is C20H20ClN3O5S. The molecule has 0 fully saturated rings. The number of esters is 1. The smallest absolute Gasteiger partial charge is 0.338 e. The van der Waals surface area contributed by atoms with Crippen LogP contribution in [-0.2, 0) is 21.4 Å². The van der Waals surface area contributed by atoms with Crippen molar-refractivity contribution >= 4 is 27.6 Å². The van der Waals surface area contributed by atoms with Gasteiger partial charge >= 0.3 is 5.97 Å². The highest BCUT2D eigenvalue weighted by Crippen LogP contribution is 2.20. The first-order chi connectivity index (χ1) is 14.3. The van der Waals surface area contributed by atoms with E-state index in [2.05, 4.69) is 10.1 Å². The highest BCUT2D eigenvalue weighted by molar-refractivity contribution is 7.89. The second-order valence-corrected chi connectivity index (χ2v) is 8.58. The zero-order valence-electron chi connectivity index (χ0n) is 16.4. The van der Waals surface area contributed by atoms with Gasteiger partial charge in [-0.3, -0.25) is 0 Å². The third kappa shape index (κ3) is 4.86. The number of nitrogens with zero attached hydrogens (tertiary/aromatic N) is 3. The number of carbonyl (C=O) groups excluding carboxylic acids is 1. The van der Waals surface area contributed by atoms with Crippen molar-refractivity contribution in [1.29, 1.82) is 0 Å². The van der Waals surface area contributed by atoms with Gasteiger partial charge in [0.05, 0.1) is 10.5 Å². The molecular weight excluding hydrogens is 430 g/mol. The molecule has 158 valence electrons. The first kappa shape index (κ1) is 21.9. The molecule has 0 saturated heterocycles. The predicted molar refractivity (Wildman–Crippen MR) is 110 cm³/mol. The van der Waals surface area contributed by atoms with E-state index in [0.717, 1.165) is 0 Å². The molecule has 0 radical (unpaired) electrons. The van der Waals surface area contributed by atoms with Gasteiger partial charge in [0.25, 0.3) is 5.89 Å². The molecule has 0 aliphatic heterocycles. The summed E-state index contributed by atoms with van der Waals surface area (Å²) in [6.45, 7) is 4.06. The van der Waals surface area contributed by atoms with E-state index in [1.54, 1.807) is 38.1 Å². The van der Waals surface area contributed by atoms with Crippen LogP contribution in [0.15, 0.2) is 57.9 Å². The second kappa shape index (κ2) is 9.38. The van der Waals surface area contributed by atoms with E-state index in [0.29, 0.717) is 29.5 Å². The van der Waals surface area contributed by atoms with Gasteiger partial charge in [0.1, 0.15) is 0 Å². The number of carbonyl (C=O) groups is 1. The molecule has 0 bridgehead atoms. The summed E-state index contributed by atoms with van der Waals surface area (Å²) in [5.74, 6) is -0.147. The molecule has 3 aromatic rings. The summed E-state index contributed by atoms with van der Waals surface area (Å²) in [5.41, 5.74) is 0.927. The molecule has 0 unspecified atom stereocenters. The Kier molecular flexibility index (Phi) is 6.86. The third-order valence-corrected chi connectivity index (χ3v) is 6.65. The second-order valence-electron chi connectivity index (χ2n) is 6.21. The Morgan fingerprint density at radius 2 is 1.70 bits per heavy atom. The van der Waals surface area contributed by atoms with Gasteiger partial charge in [0, 0.05) is 23.7 Å². The fourth-order valence-corrected chi connectivity index (χ4v) is 4.30. The highest BCUT2D eigenvalue weighted by Gasteiger charge is 2.22. The SMILES string of the molecule is CCN(CC)S(=O)(=O)c1ccc(C(=O)OCc2nc(-c3ccc(Cl)cc3)no2)cc1. The van der Waals surface area contributed by atoms with Gasteiger partial charge in [0.2, 0.25) is 15.8 Å². The molecule has 1 heterocycles. The van der Waals surface area contributed by atoms with Crippen LogP contribution in [-0.4, -0.2) is 41.9 Å². The summed E-state index contributed by atoms with van der Waals surface area (Å²) < 4.78 is 36.6. The van der Waals surface area contributed by atoms with Crippen LogP contribution in [0.25, 0.3) is 11.4 Å². The molecule has 30 heavy (non-hydrogen) atoms. The van der Waals surface area contributed by atoms with Crippen molar-refractivity contribution in [2.24, 2.45) is 0 Å². The van der Waals surface area contributed by atoms with Gasteiger partial charge in [-0.05, 0) is 48.5 Å². The van der Waals surface area contributed by atoms with E-state index < -0.39 is 16.0 Å². The Labute approximate surface area is 179 Å². The molecule has 0 N–H and O–H groups in total. The number of aromatic nitrogens is 2. The Morgan fingerprint density at radius 3 is 2.30 bits per heavy atom. The van der Waals surface area contributed by atoms with Gasteiger partial charge < -0.3 is 9.26 Å². The van der Waals surface area contributed by atoms with Crippen LogP contribution in [0.3, 0.4) is 0 Å². The van der Waals surface area contributed by atoms with Gasteiger partial charge in [-0.25, -0.2) is 13.2 Å². The summed E-state index contributed by atoms with van der Waals surface area (Å²) in [6.07, 6.45) is 0. The zero-order chi connectivity index (χ0) is 21.7. The zero-order valence-corrected chi connectivity index (χ0v) is 18.0. The summed E-state index contributed by atoms with van der Waals surface area (Å²) in [6, 6.07) is 12.5. The van der Waals surface area contributed by atoms with Gasteiger partial charge in [0.15, 0.2) is 6.61 Å². The minimum Gasteiger partial charge on any atom is -0.452 e. The highest BCUT2D eigenvalue weighted by atomic mass is 35.5. The standard InChI is InChI=1S/C20H20ClN3O5S/c1-3-24(4-2)30(26,27)17-11-7-15(8-12-17)20(25)28-13-18-22-19(23-29-18)14-5-9-16(21)10-6-14/h5-12H,3-4,13H2,1-2H3. The normalized spacial score (nSPS) is 11.6. The number of halogens is 1. The molecule has 10 heteroatoms. The van der Waals surface area contributed by atoms with Crippen molar-refractivity contribution in [1.82, 2.24) is 14.4 Å². The topological polar surface area (TPSA) is 103 Å². The number of benzene rings is 2.